The van der Waals surface area contributed by atoms with E-state index in [0.29, 0.717) is 11.6 Å². The second kappa shape index (κ2) is 6.89. The summed E-state index contributed by atoms with van der Waals surface area (Å²) in [5.41, 5.74) is 1.51. The molecule has 0 radical (unpaired) electrons. The number of halogens is 1. The van der Waals surface area contributed by atoms with Gasteiger partial charge in [-0.3, -0.25) is 14.9 Å². The third-order valence-corrected chi connectivity index (χ3v) is 4.78. The van der Waals surface area contributed by atoms with E-state index < -0.39 is 10.8 Å². The molecule has 0 saturated carbocycles. The Kier molecular flexibility index (Phi) is 5.15. The molecular formula is C15H15ClN2O3S. The van der Waals surface area contributed by atoms with Crippen LogP contribution in [-0.2, 0) is 0 Å². The minimum atomic E-state index is -0.595. The zero-order chi connectivity index (χ0) is 16.3. The van der Waals surface area contributed by atoms with Gasteiger partial charge in [-0.05, 0) is 24.0 Å². The van der Waals surface area contributed by atoms with Crippen molar-refractivity contribution in [3.63, 3.8) is 0 Å². The van der Waals surface area contributed by atoms with Crippen molar-refractivity contribution in [2.45, 2.75) is 26.2 Å². The van der Waals surface area contributed by atoms with Gasteiger partial charge in [0.25, 0.3) is 11.6 Å². The first kappa shape index (κ1) is 16.5. The molecule has 2 rings (SSSR count). The molecule has 0 aliphatic carbocycles. The summed E-state index contributed by atoms with van der Waals surface area (Å²) in [5.74, 6) is -0.0893. The van der Waals surface area contributed by atoms with Crippen LogP contribution in [0.1, 0.15) is 41.4 Å². The minimum absolute atomic E-state index is 0.00496. The van der Waals surface area contributed by atoms with Crippen molar-refractivity contribution in [2.24, 2.45) is 0 Å². The lowest BCUT2D eigenvalue weighted by molar-refractivity contribution is -0.384. The van der Waals surface area contributed by atoms with Gasteiger partial charge in [-0.15, -0.1) is 11.3 Å². The summed E-state index contributed by atoms with van der Waals surface area (Å²) < 4.78 is 0.00496. The van der Waals surface area contributed by atoms with E-state index in [1.807, 2.05) is 24.3 Å². The van der Waals surface area contributed by atoms with E-state index in [2.05, 4.69) is 19.2 Å². The van der Waals surface area contributed by atoms with E-state index in [0.717, 1.165) is 23.3 Å². The topological polar surface area (TPSA) is 72.2 Å². The molecule has 0 fully saturated rings. The van der Waals surface area contributed by atoms with Crippen molar-refractivity contribution in [2.75, 3.05) is 5.32 Å². The van der Waals surface area contributed by atoms with E-state index in [9.17, 15) is 14.9 Å². The summed E-state index contributed by atoms with van der Waals surface area (Å²) in [6.07, 6.45) is 0.948. The van der Waals surface area contributed by atoms with Crippen LogP contribution in [0.3, 0.4) is 0 Å². The zero-order valence-corrected chi connectivity index (χ0v) is 13.7. The number of para-hydroxylation sites is 1. The van der Waals surface area contributed by atoms with Gasteiger partial charge in [-0.1, -0.05) is 43.6 Å². The fourth-order valence-electron chi connectivity index (χ4n) is 2.04. The number of thiophene rings is 1. The summed E-state index contributed by atoms with van der Waals surface area (Å²) in [6.45, 7) is 4.16. The number of nitro groups is 1. The Hall–Kier alpha value is -1.92. The van der Waals surface area contributed by atoms with Crippen LogP contribution in [0.2, 0.25) is 4.34 Å². The first-order chi connectivity index (χ1) is 10.4. The number of anilines is 1. The number of carbonyl (C=O) groups excluding carboxylic acids is 1. The van der Waals surface area contributed by atoms with Crippen LogP contribution in [0.5, 0.6) is 0 Å². The van der Waals surface area contributed by atoms with Gasteiger partial charge < -0.3 is 5.32 Å². The molecule has 1 atom stereocenters. The van der Waals surface area contributed by atoms with Crippen LogP contribution >= 0.6 is 22.9 Å². The molecule has 5 nitrogen and oxygen atoms in total. The lowest BCUT2D eigenvalue weighted by Crippen LogP contribution is -2.12. The molecule has 7 heteroatoms. The summed E-state index contributed by atoms with van der Waals surface area (Å²) in [6, 6.07) is 8.75. The summed E-state index contributed by atoms with van der Waals surface area (Å²) in [7, 11) is 0. The zero-order valence-electron chi connectivity index (χ0n) is 12.1. The van der Waals surface area contributed by atoms with Gasteiger partial charge in [0.15, 0.2) is 4.34 Å². The highest BCUT2D eigenvalue weighted by atomic mass is 35.5. The van der Waals surface area contributed by atoms with Crippen LogP contribution in [-0.4, -0.2) is 10.8 Å². The van der Waals surface area contributed by atoms with Crippen molar-refractivity contribution in [1.82, 2.24) is 0 Å². The molecule has 1 amide bonds. The summed E-state index contributed by atoms with van der Waals surface area (Å²) in [5, 5.41) is 13.6. The minimum Gasteiger partial charge on any atom is -0.321 e. The molecule has 0 aliphatic heterocycles. The molecule has 1 unspecified atom stereocenters. The number of carbonyl (C=O) groups is 1. The quantitative estimate of drug-likeness (QED) is 0.610. The summed E-state index contributed by atoms with van der Waals surface area (Å²) >= 11 is 6.69. The molecule has 22 heavy (non-hydrogen) atoms. The van der Waals surface area contributed by atoms with Crippen LogP contribution in [0, 0.1) is 10.1 Å². The molecule has 2 aromatic rings. The van der Waals surface area contributed by atoms with E-state index in [4.69, 9.17) is 11.6 Å². The van der Waals surface area contributed by atoms with Gasteiger partial charge in [0.2, 0.25) is 0 Å². The van der Waals surface area contributed by atoms with Crippen LogP contribution in [0.15, 0.2) is 30.3 Å². The molecule has 1 aromatic heterocycles. The van der Waals surface area contributed by atoms with Crippen molar-refractivity contribution >= 4 is 40.2 Å². The van der Waals surface area contributed by atoms with Crippen LogP contribution in [0.25, 0.3) is 0 Å². The molecular weight excluding hydrogens is 324 g/mol. The molecule has 0 spiro atoms. The maximum atomic E-state index is 12.3. The highest BCUT2D eigenvalue weighted by Gasteiger charge is 2.21. The summed E-state index contributed by atoms with van der Waals surface area (Å²) in [4.78, 5) is 22.7. The Morgan fingerprint density at radius 2 is 2.14 bits per heavy atom. The SMILES string of the molecule is CCC(C)c1ccccc1NC(=O)c1cc([N+](=O)[O-])c(Cl)s1. The third kappa shape index (κ3) is 3.45. The normalized spacial score (nSPS) is 12.0. The van der Waals surface area contributed by atoms with Gasteiger partial charge >= 0.3 is 0 Å². The van der Waals surface area contributed by atoms with Crippen LogP contribution < -0.4 is 5.32 Å². The smallest absolute Gasteiger partial charge is 0.299 e. The fourth-order valence-corrected chi connectivity index (χ4v) is 3.16. The van der Waals surface area contributed by atoms with Crippen molar-refractivity contribution in [1.29, 1.82) is 0 Å². The Bertz CT molecular complexity index is 715. The number of nitrogens with one attached hydrogen (secondary N) is 1. The van der Waals surface area contributed by atoms with Gasteiger partial charge in [-0.2, -0.15) is 0 Å². The first-order valence-electron chi connectivity index (χ1n) is 6.78. The van der Waals surface area contributed by atoms with E-state index in [1.165, 1.54) is 6.07 Å². The maximum Gasteiger partial charge on any atom is 0.299 e. The standard InChI is InChI=1S/C15H15ClN2O3S/c1-3-9(2)10-6-4-5-7-11(10)17-15(19)13-8-12(18(20)21)14(16)22-13/h4-9H,3H2,1-2H3,(H,17,19). The maximum absolute atomic E-state index is 12.3. The van der Waals surface area contributed by atoms with E-state index >= 15 is 0 Å². The molecule has 0 bridgehead atoms. The number of amides is 1. The number of hydrogen-bond donors (Lipinski definition) is 1. The van der Waals surface area contributed by atoms with Gasteiger partial charge in [0.1, 0.15) is 4.88 Å². The first-order valence-corrected chi connectivity index (χ1v) is 7.97. The lowest BCUT2D eigenvalue weighted by atomic mass is 9.97. The second-order valence-electron chi connectivity index (χ2n) is 4.88. The second-order valence-corrected chi connectivity index (χ2v) is 6.53. The van der Waals surface area contributed by atoms with Gasteiger partial charge in [0.05, 0.1) is 4.92 Å². The highest BCUT2D eigenvalue weighted by molar-refractivity contribution is 7.18. The fraction of sp³-hybridized carbons (Fsp3) is 0.267. The Labute approximate surface area is 137 Å². The molecule has 1 heterocycles. The van der Waals surface area contributed by atoms with E-state index in [-0.39, 0.29) is 14.9 Å². The largest absolute Gasteiger partial charge is 0.321 e. The average Bonchev–Trinajstić information content (AvgIpc) is 2.89. The lowest BCUT2D eigenvalue weighted by Gasteiger charge is -2.15. The van der Waals surface area contributed by atoms with Crippen molar-refractivity contribution in [3.05, 3.63) is 55.2 Å². The third-order valence-electron chi connectivity index (χ3n) is 3.44. The Balaban J connectivity index is 2.26. The average molecular weight is 339 g/mol. The number of hydrogen-bond acceptors (Lipinski definition) is 4. The van der Waals surface area contributed by atoms with Crippen molar-refractivity contribution in [3.8, 4) is 0 Å². The number of nitrogens with zero attached hydrogens (tertiary/aromatic N) is 1. The highest BCUT2D eigenvalue weighted by Crippen LogP contribution is 2.34. The molecule has 116 valence electrons. The van der Waals surface area contributed by atoms with E-state index in [1.54, 1.807) is 0 Å². The van der Waals surface area contributed by atoms with Gasteiger partial charge in [0, 0.05) is 11.8 Å². The number of benzene rings is 1. The molecule has 1 N–H and O–H groups in total. The van der Waals surface area contributed by atoms with Crippen LogP contribution in [0.4, 0.5) is 11.4 Å². The predicted molar refractivity (Wildman–Crippen MR) is 89.1 cm³/mol. The van der Waals surface area contributed by atoms with Gasteiger partial charge in [-0.25, -0.2) is 0 Å². The predicted octanol–water partition coefficient (Wildman–Crippen LogP) is 5.08. The Morgan fingerprint density at radius 3 is 2.73 bits per heavy atom. The Morgan fingerprint density at radius 1 is 1.45 bits per heavy atom. The number of rotatable bonds is 5. The molecule has 0 aliphatic rings. The molecule has 1 aromatic carbocycles. The molecule has 0 saturated heterocycles. The van der Waals surface area contributed by atoms with Crippen molar-refractivity contribution < 1.29 is 9.72 Å². The monoisotopic (exact) mass is 338 g/mol.